The van der Waals surface area contributed by atoms with Crippen molar-refractivity contribution >= 4 is 5.96 Å². The summed E-state index contributed by atoms with van der Waals surface area (Å²) in [5.74, 6) is 0.774. The molecule has 0 aliphatic carbocycles. The monoisotopic (exact) mass is 354 g/mol. The Labute approximate surface area is 156 Å². The normalized spacial score (nSPS) is 14.1. The van der Waals surface area contributed by atoms with E-state index in [2.05, 4.69) is 58.9 Å². The highest BCUT2D eigenvalue weighted by Gasteiger charge is 2.15. The summed E-state index contributed by atoms with van der Waals surface area (Å²) >= 11 is 0. The molecule has 0 bridgehead atoms. The fourth-order valence-corrected chi connectivity index (χ4v) is 2.92. The lowest BCUT2D eigenvalue weighted by Gasteiger charge is -2.26. The van der Waals surface area contributed by atoms with Crippen molar-refractivity contribution < 1.29 is 5.11 Å². The minimum absolute atomic E-state index is 0.0357. The fraction of sp³-hybridized carbons (Fsp3) is 0.381. The number of nitrogens with zero attached hydrogens (tertiary/aromatic N) is 2. The van der Waals surface area contributed by atoms with Gasteiger partial charge in [0, 0.05) is 26.1 Å². The molecule has 0 fully saturated rings. The smallest absolute Gasteiger partial charge is 0.191 e. The van der Waals surface area contributed by atoms with Gasteiger partial charge in [0.05, 0.1) is 12.6 Å². The number of rotatable bonds is 8. The zero-order chi connectivity index (χ0) is 18.8. The van der Waals surface area contributed by atoms with Crippen molar-refractivity contribution in [1.29, 1.82) is 0 Å². The van der Waals surface area contributed by atoms with Crippen LogP contribution in [0.2, 0.25) is 0 Å². The quantitative estimate of drug-likeness (QED) is 0.503. The van der Waals surface area contributed by atoms with Crippen LogP contribution in [0.3, 0.4) is 0 Å². The highest BCUT2D eigenvalue weighted by atomic mass is 16.3. The van der Waals surface area contributed by atoms with Crippen molar-refractivity contribution in [2.45, 2.75) is 12.0 Å². The van der Waals surface area contributed by atoms with Gasteiger partial charge < -0.3 is 20.6 Å². The highest BCUT2D eigenvalue weighted by molar-refractivity contribution is 5.79. The Balaban J connectivity index is 1.92. The van der Waals surface area contributed by atoms with E-state index in [1.54, 1.807) is 7.05 Å². The minimum Gasteiger partial charge on any atom is -0.396 e. The van der Waals surface area contributed by atoms with Crippen LogP contribution in [0.25, 0.3) is 0 Å². The van der Waals surface area contributed by atoms with Crippen molar-refractivity contribution in [3.63, 3.8) is 0 Å². The van der Waals surface area contributed by atoms with E-state index >= 15 is 0 Å². The van der Waals surface area contributed by atoms with E-state index in [9.17, 15) is 5.11 Å². The van der Waals surface area contributed by atoms with Crippen LogP contribution in [0.15, 0.2) is 65.7 Å². The molecule has 2 unspecified atom stereocenters. The van der Waals surface area contributed by atoms with Crippen molar-refractivity contribution in [2.24, 2.45) is 4.99 Å². The number of likely N-dealkylation sites (N-methyl/N-ethyl adjacent to an activating group) is 1. The molecule has 26 heavy (non-hydrogen) atoms. The summed E-state index contributed by atoms with van der Waals surface area (Å²) in [4.78, 5) is 6.50. The first kappa shape index (κ1) is 19.9. The molecule has 5 nitrogen and oxygen atoms in total. The SMILES string of the molecule is CN=C(NCC(CO)c1ccccc1)NCC(c1ccccc1)N(C)C. The van der Waals surface area contributed by atoms with Crippen LogP contribution in [-0.2, 0) is 0 Å². The third-order valence-corrected chi connectivity index (χ3v) is 4.50. The third kappa shape index (κ3) is 5.86. The van der Waals surface area contributed by atoms with E-state index in [1.165, 1.54) is 5.56 Å². The lowest BCUT2D eigenvalue weighted by Crippen LogP contribution is -2.43. The molecule has 140 valence electrons. The van der Waals surface area contributed by atoms with E-state index in [4.69, 9.17) is 0 Å². The van der Waals surface area contributed by atoms with Gasteiger partial charge in [-0.05, 0) is 25.2 Å². The molecular formula is C21H30N4O. The first-order chi connectivity index (χ1) is 12.7. The van der Waals surface area contributed by atoms with E-state index in [0.29, 0.717) is 6.54 Å². The molecule has 5 heteroatoms. The van der Waals surface area contributed by atoms with Crippen LogP contribution in [0.4, 0.5) is 0 Å². The number of hydrogen-bond donors (Lipinski definition) is 3. The molecule has 2 aromatic rings. The van der Waals surface area contributed by atoms with Crippen LogP contribution < -0.4 is 10.6 Å². The summed E-state index contributed by atoms with van der Waals surface area (Å²) in [6.45, 7) is 1.46. The highest BCUT2D eigenvalue weighted by Crippen LogP contribution is 2.17. The number of aliphatic hydroxyl groups excluding tert-OH is 1. The number of aliphatic imine (C=N–C) groups is 1. The van der Waals surface area contributed by atoms with Gasteiger partial charge in [-0.15, -0.1) is 0 Å². The lowest BCUT2D eigenvalue weighted by atomic mass is 10.0. The summed E-state index contributed by atoms with van der Waals surface area (Å²) in [6, 6.07) is 20.7. The molecule has 0 aliphatic heterocycles. The van der Waals surface area contributed by atoms with Crippen molar-refractivity contribution in [3.05, 3.63) is 71.8 Å². The maximum absolute atomic E-state index is 9.70. The van der Waals surface area contributed by atoms with Crippen LogP contribution in [0, 0.1) is 0 Å². The molecule has 0 amide bonds. The molecule has 0 radical (unpaired) electrons. The average Bonchev–Trinajstić information content (AvgIpc) is 2.68. The molecule has 0 aromatic heterocycles. The molecule has 0 saturated heterocycles. The zero-order valence-electron chi connectivity index (χ0n) is 15.9. The van der Waals surface area contributed by atoms with Gasteiger partial charge in [-0.3, -0.25) is 4.99 Å². The van der Waals surface area contributed by atoms with Gasteiger partial charge in [0.25, 0.3) is 0 Å². The van der Waals surface area contributed by atoms with Gasteiger partial charge in [-0.25, -0.2) is 0 Å². The minimum atomic E-state index is 0.0357. The van der Waals surface area contributed by atoms with Gasteiger partial charge in [-0.2, -0.15) is 0 Å². The summed E-state index contributed by atoms with van der Waals surface area (Å²) in [6.07, 6.45) is 0. The molecule has 0 heterocycles. The maximum atomic E-state index is 9.70. The first-order valence-corrected chi connectivity index (χ1v) is 8.97. The van der Waals surface area contributed by atoms with Crippen molar-refractivity contribution in [3.8, 4) is 0 Å². The number of nitrogens with one attached hydrogen (secondary N) is 2. The van der Waals surface area contributed by atoms with E-state index in [-0.39, 0.29) is 18.6 Å². The molecule has 3 N–H and O–H groups in total. The molecule has 0 spiro atoms. The van der Waals surface area contributed by atoms with Crippen LogP contribution in [0.1, 0.15) is 23.1 Å². The Bertz CT molecular complexity index is 658. The Hall–Kier alpha value is -2.37. The fourth-order valence-electron chi connectivity index (χ4n) is 2.92. The number of aliphatic hydroxyl groups is 1. The molecule has 2 rings (SSSR count). The van der Waals surface area contributed by atoms with Crippen molar-refractivity contribution in [2.75, 3.05) is 40.8 Å². The summed E-state index contributed by atoms with van der Waals surface area (Å²) < 4.78 is 0. The molecular weight excluding hydrogens is 324 g/mol. The van der Waals surface area contributed by atoms with E-state index < -0.39 is 0 Å². The van der Waals surface area contributed by atoms with Gasteiger partial charge >= 0.3 is 0 Å². The number of hydrogen-bond acceptors (Lipinski definition) is 3. The Morgan fingerprint density at radius 2 is 1.46 bits per heavy atom. The molecule has 0 saturated carbocycles. The maximum Gasteiger partial charge on any atom is 0.191 e. The summed E-state index contributed by atoms with van der Waals surface area (Å²) in [5.41, 5.74) is 2.38. The largest absolute Gasteiger partial charge is 0.396 e. The molecule has 0 aliphatic rings. The van der Waals surface area contributed by atoms with E-state index in [1.807, 2.05) is 36.4 Å². The van der Waals surface area contributed by atoms with Gasteiger partial charge in [0.15, 0.2) is 5.96 Å². The number of guanidine groups is 1. The third-order valence-electron chi connectivity index (χ3n) is 4.50. The topological polar surface area (TPSA) is 59.9 Å². The predicted molar refractivity (Wildman–Crippen MR) is 109 cm³/mol. The zero-order valence-corrected chi connectivity index (χ0v) is 15.9. The average molecular weight is 354 g/mol. The van der Waals surface area contributed by atoms with E-state index in [0.717, 1.165) is 18.1 Å². The standard InChI is InChI=1S/C21H30N4O/c1-22-21(23-14-19(16-26)17-10-6-4-7-11-17)24-15-20(25(2)3)18-12-8-5-9-13-18/h4-13,19-20,26H,14-16H2,1-3H3,(H2,22,23,24). The Morgan fingerprint density at radius 3 is 1.96 bits per heavy atom. The first-order valence-electron chi connectivity index (χ1n) is 8.97. The predicted octanol–water partition coefficient (Wildman–Crippen LogP) is 2.23. The second kappa shape index (κ2) is 10.6. The Morgan fingerprint density at radius 1 is 0.923 bits per heavy atom. The van der Waals surface area contributed by atoms with Gasteiger partial charge in [0.2, 0.25) is 0 Å². The van der Waals surface area contributed by atoms with Gasteiger partial charge in [0.1, 0.15) is 0 Å². The van der Waals surface area contributed by atoms with Crippen LogP contribution in [-0.4, -0.2) is 56.8 Å². The van der Waals surface area contributed by atoms with Crippen LogP contribution >= 0.6 is 0 Å². The molecule has 2 aromatic carbocycles. The second-order valence-electron chi connectivity index (χ2n) is 6.51. The van der Waals surface area contributed by atoms with Crippen LogP contribution in [0.5, 0.6) is 0 Å². The molecule has 2 atom stereocenters. The summed E-state index contributed by atoms with van der Waals surface area (Å²) in [5, 5.41) is 16.4. The van der Waals surface area contributed by atoms with Crippen molar-refractivity contribution in [1.82, 2.24) is 15.5 Å². The Kier molecular flexibility index (Phi) is 8.12. The second-order valence-corrected chi connectivity index (χ2v) is 6.51. The lowest BCUT2D eigenvalue weighted by molar-refractivity contribution is 0.264. The number of benzene rings is 2. The summed E-state index contributed by atoms with van der Waals surface area (Å²) in [7, 11) is 5.92. The van der Waals surface area contributed by atoms with Gasteiger partial charge in [-0.1, -0.05) is 60.7 Å².